The van der Waals surface area contributed by atoms with E-state index in [9.17, 15) is 48.2 Å². The van der Waals surface area contributed by atoms with Crippen molar-refractivity contribution in [1.82, 2.24) is 30.0 Å². The summed E-state index contributed by atoms with van der Waals surface area (Å²) < 4.78 is 24.0. The van der Waals surface area contributed by atoms with Crippen LogP contribution in [0.5, 0.6) is 5.75 Å². The monoisotopic (exact) mass is 627 g/mol. The quantitative estimate of drug-likeness (QED) is 0.0448. The number of nitrogen functional groups attached to an aromatic ring is 1. The van der Waals surface area contributed by atoms with E-state index in [0.29, 0.717) is 15.5 Å². The molecule has 0 aromatic carbocycles. The summed E-state index contributed by atoms with van der Waals surface area (Å²) >= 11 is -2.12. The number of nitrogens with zero attached hydrogens (tertiary/aromatic N) is 4. The summed E-state index contributed by atoms with van der Waals surface area (Å²) in [7, 11) is 0. The van der Waals surface area contributed by atoms with Crippen LogP contribution in [0, 0.1) is 0 Å². The zero-order valence-corrected chi connectivity index (χ0v) is 22.8. The van der Waals surface area contributed by atoms with E-state index in [0.717, 1.165) is 23.6 Å². The van der Waals surface area contributed by atoms with Gasteiger partial charge in [0.1, 0.15) is 11.7 Å². The average Bonchev–Trinajstić information content (AvgIpc) is 3.32. The molecule has 0 spiro atoms. The average molecular weight is 628 g/mol. The smallest absolute Gasteiger partial charge is 0.350 e. The van der Waals surface area contributed by atoms with Gasteiger partial charge in [0.05, 0.1) is 35.7 Å². The van der Waals surface area contributed by atoms with E-state index in [1.165, 1.54) is 5.38 Å². The molecule has 19 nitrogen and oxygen atoms in total. The number of hydrogen-bond acceptors (Lipinski definition) is 14. The van der Waals surface area contributed by atoms with Gasteiger partial charge in [-0.2, -0.15) is 4.73 Å². The first-order chi connectivity index (χ1) is 19.8. The molecule has 2 aromatic heterocycles. The zero-order valence-electron chi connectivity index (χ0n) is 21.2. The van der Waals surface area contributed by atoms with Gasteiger partial charge in [-0.25, -0.2) is 14.6 Å². The molecule has 2 aromatic rings. The summed E-state index contributed by atoms with van der Waals surface area (Å²) in [6.45, 7) is -0.861. The number of anilines is 1. The molecule has 1 saturated carbocycles. The first kappa shape index (κ1) is 30.2. The molecule has 0 bridgehead atoms. The second-order valence-corrected chi connectivity index (χ2v) is 10.8. The Kier molecular flexibility index (Phi) is 8.63. The first-order valence-corrected chi connectivity index (χ1v) is 13.8. The molecule has 21 heteroatoms. The summed E-state index contributed by atoms with van der Waals surface area (Å²) in [5.74, 6) is -4.09. The molecule has 2 aliphatic rings. The molecule has 8 N–H and O–H groups in total. The van der Waals surface area contributed by atoms with Gasteiger partial charge in [0.25, 0.3) is 11.8 Å². The van der Waals surface area contributed by atoms with Gasteiger partial charge in [-0.15, -0.1) is 11.3 Å². The number of carboxylic acid groups (broad SMARTS) is 1. The van der Waals surface area contributed by atoms with Gasteiger partial charge < -0.3 is 46.5 Å². The largest absolute Gasteiger partial charge is 0.755 e. The Bertz CT molecular complexity index is 1540. The topological polar surface area (TPSA) is 291 Å². The van der Waals surface area contributed by atoms with Crippen LogP contribution in [-0.2, 0) is 37.0 Å². The molecule has 2 fully saturated rings. The molecule has 4 amide bonds. The number of nitrogens with one attached hydrogen (secondary N) is 3. The maximum atomic E-state index is 13.2. The lowest BCUT2D eigenvalue weighted by Crippen LogP contribution is -2.74. The molecular formula is C21H23N8O11S2-. The van der Waals surface area contributed by atoms with Crippen LogP contribution in [0.25, 0.3) is 0 Å². The third kappa shape index (κ3) is 6.11. The summed E-state index contributed by atoms with van der Waals surface area (Å²) in [5.41, 5.74) is 2.49. The van der Waals surface area contributed by atoms with Crippen LogP contribution >= 0.6 is 11.3 Å². The van der Waals surface area contributed by atoms with Gasteiger partial charge in [0.2, 0.25) is 11.0 Å². The number of carbonyl (C=O) groups is 4. The van der Waals surface area contributed by atoms with Crippen LogP contribution in [0.1, 0.15) is 30.7 Å². The summed E-state index contributed by atoms with van der Waals surface area (Å²) in [4.78, 5) is 70.3. The van der Waals surface area contributed by atoms with Crippen molar-refractivity contribution in [2.75, 3.05) is 12.3 Å². The molecular weight excluding hydrogens is 604 g/mol. The molecule has 3 atom stereocenters. The number of amides is 4. The second kappa shape index (κ2) is 12.0. The third-order valence-corrected chi connectivity index (χ3v) is 7.90. The van der Waals surface area contributed by atoms with E-state index in [1.54, 1.807) is 0 Å². The molecule has 1 unspecified atom stereocenters. The van der Waals surface area contributed by atoms with Crippen molar-refractivity contribution in [2.24, 2.45) is 5.16 Å². The van der Waals surface area contributed by atoms with Crippen molar-refractivity contribution in [2.45, 2.75) is 43.5 Å². The second-order valence-electron chi connectivity index (χ2n) is 9.08. The Labute approximate surface area is 241 Å². The number of aromatic nitrogens is 2. The highest BCUT2D eigenvalue weighted by Crippen LogP contribution is 2.36. The van der Waals surface area contributed by atoms with Gasteiger partial charge in [0.15, 0.2) is 16.6 Å². The molecule has 42 heavy (non-hydrogen) atoms. The predicted molar refractivity (Wildman–Crippen MR) is 140 cm³/mol. The zero-order chi connectivity index (χ0) is 30.8. The number of carbonyl (C=O) groups excluding carboxylic acids is 3. The van der Waals surface area contributed by atoms with Crippen LogP contribution in [0.15, 0.2) is 27.6 Å². The van der Waals surface area contributed by atoms with E-state index in [-0.39, 0.29) is 35.9 Å². The highest BCUT2D eigenvalue weighted by atomic mass is 32.2. The number of aliphatic carboxylic acids is 1. The number of nitrogens with two attached hydrogens (primary N) is 1. The van der Waals surface area contributed by atoms with Gasteiger partial charge >= 0.3 is 12.0 Å². The van der Waals surface area contributed by atoms with Gasteiger partial charge in [-0.3, -0.25) is 22.9 Å². The van der Waals surface area contributed by atoms with Crippen LogP contribution in [0.4, 0.5) is 9.93 Å². The lowest BCUT2D eigenvalue weighted by atomic mass is 9.80. The Morgan fingerprint density at radius 2 is 2.02 bits per heavy atom. The van der Waals surface area contributed by atoms with E-state index >= 15 is 0 Å². The van der Waals surface area contributed by atoms with E-state index in [4.69, 9.17) is 10.6 Å². The Morgan fingerprint density at radius 3 is 2.60 bits per heavy atom. The minimum Gasteiger partial charge on any atom is -0.755 e. The molecule has 1 saturated heterocycles. The maximum absolute atomic E-state index is 13.2. The number of thiazole rings is 1. The molecule has 4 rings (SSSR count). The number of rotatable bonds is 11. The Hall–Kier alpha value is -4.76. The van der Waals surface area contributed by atoms with E-state index < -0.39 is 76.2 Å². The number of carboxylic acids is 1. The van der Waals surface area contributed by atoms with Crippen molar-refractivity contribution < 1.29 is 48.2 Å². The van der Waals surface area contributed by atoms with Crippen LogP contribution in [-0.4, -0.2) is 92.0 Å². The third-order valence-electron chi connectivity index (χ3n) is 6.45. The van der Waals surface area contributed by atoms with Crippen molar-refractivity contribution in [3.8, 4) is 5.75 Å². The highest BCUT2D eigenvalue weighted by molar-refractivity contribution is 7.77. The highest BCUT2D eigenvalue weighted by Gasteiger charge is 2.50. The summed E-state index contributed by atoms with van der Waals surface area (Å²) in [6.07, 6.45) is 1.57. The fourth-order valence-electron chi connectivity index (χ4n) is 3.96. The minimum absolute atomic E-state index is 0.0494. The Balaban J connectivity index is 1.44. The SMILES string of the molecule is Nc1nc(/C(=N/OC2(C(=O)O)CCC2)C(=O)N[C@@H]2C(=O)N(S(=O)[O-])[C@@H]2CNC(=O)NCc2cc(=O)c(O)cn2O)cs1. The van der Waals surface area contributed by atoms with Crippen molar-refractivity contribution in [3.63, 3.8) is 0 Å². The van der Waals surface area contributed by atoms with Gasteiger partial charge in [-0.1, -0.05) is 5.16 Å². The van der Waals surface area contributed by atoms with Crippen LogP contribution in [0.2, 0.25) is 0 Å². The number of hydrogen-bond donors (Lipinski definition) is 7. The molecule has 0 radical (unpaired) electrons. The number of aromatic hydroxyl groups is 1. The van der Waals surface area contributed by atoms with E-state index in [2.05, 4.69) is 26.1 Å². The van der Waals surface area contributed by atoms with Crippen LogP contribution in [0.3, 0.4) is 0 Å². The van der Waals surface area contributed by atoms with Crippen molar-refractivity contribution in [1.29, 1.82) is 0 Å². The van der Waals surface area contributed by atoms with Crippen LogP contribution < -0.4 is 27.1 Å². The van der Waals surface area contributed by atoms with Gasteiger partial charge in [-0.05, 0) is 6.42 Å². The van der Waals surface area contributed by atoms with E-state index in [1.807, 2.05) is 0 Å². The lowest BCUT2D eigenvalue weighted by Gasteiger charge is -2.47. The fraction of sp³-hybridized carbons (Fsp3) is 0.381. The number of oxime groups is 1. The number of β-lactam (4-membered cyclic amide) rings is 1. The first-order valence-electron chi connectivity index (χ1n) is 11.9. The number of urea groups is 1. The van der Waals surface area contributed by atoms with Gasteiger partial charge in [0, 0.05) is 30.8 Å². The molecule has 1 aliphatic heterocycles. The predicted octanol–water partition coefficient (Wildman–Crippen LogP) is -2.45. The Morgan fingerprint density at radius 1 is 1.31 bits per heavy atom. The lowest BCUT2D eigenvalue weighted by molar-refractivity contribution is -0.178. The normalized spacial score (nSPS) is 20.1. The molecule has 226 valence electrons. The summed E-state index contributed by atoms with van der Waals surface area (Å²) in [6, 6.07) is -2.77. The number of pyridine rings is 1. The molecule has 1 aliphatic carbocycles. The maximum Gasteiger partial charge on any atom is 0.350 e. The van der Waals surface area contributed by atoms with Crippen molar-refractivity contribution in [3.05, 3.63) is 39.3 Å². The minimum atomic E-state index is -3.06. The standard InChI is InChI=1S/C21H24N8O11S2/c22-19-25-10(8-41-19)14(27-40-21(18(34)35)2-1-3-21)16(32)26-15-11(29(17(15)33)42(38)39)6-24-20(36)23-5-9-4-12(30)13(31)7-28(9)37/h4,7-8,11,15,31,37H,1-3,5-6H2,(H2,22,25)(H,26,32)(H,34,35)(H,38,39)(H2,23,24,36)/p-1/b27-14-/t11-,15+/m1/s1. The van der Waals surface area contributed by atoms with Crippen molar-refractivity contribution >= 4 is 57.3 Å². The fourth-order valence-corrected chi connectivity index (χ4v) is 5.19. The summed E-state index contributed by atoms with van der Waals surface area (Å²) in [5, 5.41) is 40.5. The molecule has 3 heterocycles.